The molecule has 1 aromatic carbocycles. The van der Waals surface area contributed by atoms with Crippen LogP contribution in [0.4, 0.5) is 0 Å². The fraction of sp³-hybridized carbons (Fsp3) is 0.417. The number of oxime groups is 1. The van der Waals surface area contributed by atoms with E-state index in [-0.39, 0.29) is 6.23 Å². The zero-order valence-electron chi connectivity index (χ0n) is 9.35. The number of hydrogen-bond acceptors (Lipinski definition) is 4. The van der Waals surface area contributed by atoms with Crippen LogP contribution in [0.1, 0.15) is 12.5 Å². The van der Waals surface area contributed by atoms with Gasteiger partial charge in [-0.2, -0.15) is 0 Å². The summed E-state index contributed by atoms with van der Waals surface area (Å²) in [6.07, 6.45) is 0.858. The first-order valence-electron chi connectivity index (χ1n) is 5.47. The number of nitrogens with one attached hydrogen (secondary N) is 1. The van der Waals surface area contributed by atoms with Gasteiger partial charge in [-0.25, -0.2) is 0 Å². The van der Waals surface area contributed by atoms with E-state index in [1.54, 1.807) is 0 Å². The van der Waals surface area contributed by atoms with Crippen LogP contribution >= 0.6 is 0 Å². The highest BCUT2D eigenvalue weighted by Crippen LogP contribution is 2.01. The molecule has 0 aliphatic carbocycles. The van der Waals surface area contributed by atoms with Crippen LogP contribution in [0.15, 0.2) is 35.5 Å². The third-order valence-electron chi connectivity index (χ3n) is 2.36. The Balaban J connectivity index is 1.72. The van der Waals surface area contributed by atoms with Crippen LogP contribution in [0.3, 0.4) is 0 Å². The van der Waals surface area contributed by atoms with E-state index in [1.165, 1.54) is 5.56 Å². The lowest BCUT2D eigenvalue weighted by Crippen LogP contribution is -2.38. The van der Waals surface area contributed by atoms with Crippen molar-refractivity contribution < 1.29 is 9.57 Å². The summed E-state index contributed by atoms with van der Waals surface area (Å²) in [4.78, 5) is 5.05. The maximum Gasteiger partial charge on any atom is 0.239 e. The van der Waals surface area contributed by atoms with Crippen LogP contribution in [0, 0.1) is 0 Å². The van der Waals surface area contributed by atoms with Crippen molar-refractivity contribution in [3.05, 3.63) is 35.9 Å². The average Bonchev–Trinajstić information content (AvgIpc) is 2.33. The smallest absolute Gasteiger partial charge is 0.239 e. The van der Waals surface area contributed by atoms with Crippen LogP contribution in [0.25, 0.3) is 0 Å². The summed E-state index contributed by atoms with van der Waals surface area (Å²) in [7, 11) is 0. The van der Waals surface area contributed by atoms with E-state index in [1.807, 2.05) is 25.1 Å². The van der Waals surface area contributed by atoms with E-state index >= 15 is 0 Å². The largest absolute Gasteiger partial charge is 0.477 e. The van der Waals surface area contributed by atoms with E-state index < -0.39 is 0 Å². The quantitative estimate of drug-likeness (QED) is 0.840. The molecule has 1 aliphatic heterocycles. The van der Waals surface area contributed by atoms with E-state index in [4.69, 9.17) is 9.57 Å². The Hall–Kier alpha value is -1.55. The first-order chi connectivity index (χ1) is 7.84. The van der Waals surface area contributed by atoms with Gasteiger partial charge in [-0.05, 0) is 17.6 Å². The molecule has 0 saturated heterocycles. The molecule has 0 radical (unpaired) electrons. The molecule has 0 fully saturated rings. The Morgan fingerprint density at radius 2 is 2.25 bits per heavy atom. The van der Waals surface area contributed by atoms with Gasteiger partial charge in [-0.15, -0.1) is 0 Å². The summed E-state index contributed by atoms with van der Waals surface area (Å²) in [5.41, 5.74) is 1.26. The van der Waals surface area contributed by atoms with Gasteiger partial charge in [0.05, 0.1) is 13.2 Å². The lowest BCUT2D eigenvalue weighted by molar-refractivity contribution is 0.0291. The molecule has 1 heterocycles. The van der Waals surface area contributed by atoms with Crippen molar-refractivity contribution in [3.8, 4) is 0 Å². The van der Waals surface area contributed by atoms with Gasteiger partial charge in [0.25, 0.3) is 0 Å². The molecule has 1 unspecified atom stereocenters. The molecule has 1 N–H and O–H groups in total. The molecule has 0 saturated carbocycles. The molecule has 1 aromatic rings. The lowest BCUT2D eigenvalue weighted by atomic mass is 10.2. The molecule has 16 heavy (non-hydrogen) atoms. The summed E-state index contributed by atoms with van der Waals surface area (Å²) in [5.74, 6) is 0.619. The van der Waals surface area contributed by atoms with Crippen molar-refractivity contribution in [1.82, 2.24) is 5.32 Å². The van der Waals surface area contributed by atoms with Gasteiger partial charge in [-0.3, -0.25) is 5.32 Å². The third kappa shape index (κ3) is 3.24. The highest BCUT2D eigenvalue weighted by atomic mass is 16.7. The van der Waals surface area contributed by atoms with Crippen molar-refractivity contribution in [3.63, 3.8) is 0 Å². The van der Waals surface area contributed by atoms with E-state index in [0.717, 1.165) is 6.42 Å². The Morgan fingerprint density at radius 3 is 2.94 bits per heavy atom. The SMILES string of the molecule is CC1NCC(OCCc2ccccc2)=NO1. The van der Waals surface area contributed by atoms with Gasteiger partial charge in [0.2, 0.25) is 5.90 Å². The van der Waals surface area contributed by atoms with Gasteiger partial charge in [-0.1, -0.05) is 30.3 Å². The Bertz CT molecular complexity index is 351. The second kappa shape index (κ2) is 5.51. The van der Waals surface area contributed by atoms with Crippen molar-refractivity contribution >= 4 is 5.90 Å². The Labute approximate surface area is 95.2 Å². The molecule has 4 nitrogen and oxygen atoms in total. The summed E-state index contributed by atoms with van der Waals surface area (Å²) in [6.45, 7) is 3.17. The van der Waals surface area contributed by atoms with Crippen molar-refractivity contribution in [2.75, 3.05) is 13.2 Å². The minimum atomic E-state index is -0.0264. The topological polar surface area (TPSA) is 42.8 Å². The zero-order valence-corrected chi connectivity index (χ0v) is 9.35. The van der Waals surface area contributed by atoms with Crippen molar-refractivity contribution in [1.29, 1.82) is 0 Å². The fourth-order valence-electron chi connectivity index (χ4n) is 1.45. The first-order valence-corrected chi connectivity index (χ1v) is 5.47. The number of benzene rings is 1. The average molecular weight is 220 g/mol. The first kappa shape index (κ1) is 11.0. The second-order valence-corrected chi connectivity index (χ2v) is 3.70. The minimum absolute atomic E-state index is 0.0264. The van der Waals surface area contributed by atoms with E-state index in [9.17, 15) is 0 Å². The number of hydrogen-bond donors (Lipinski definition) is 1. The zero-order chi connectivity index (χ0) is 11.2. The molecule has 1 aliphatic rings. The summed E-state index contributed by atoms with van der Waals surface area (Å²) in [5, 5.41) is 6.98. The van der Waals surface area contributed by atoms with Gasteiger partial charge in [0.15, 0.2) is 6.23 Å². The number of rotatable bonds is 3. The molecule has 0 spiro atoms. The summed E-state index contributed by atoms with van der Waals surface area (Å²) < 4.78 is 5.50. The maximum absolute atomic E-state index is 5.50. The molecule has 2 rings (SSSR count). The Kier molecular flexibility index (Phi) is 3.77. The second-order valence-electron chi connectivity index (χ2n) is 3.70. The lowest BCUT2D eigenvalue weighted by Gasteiger charge is -2.19. The maximum atomic E-state index is 5.50. The molecular weight excluding hydrogens is 204 g/mol. The standard InChI is InChI=1S/C12H16N2O2/c1-10-13-9-12(14-16-10)15-8-7-11-5-3-2-4-6-11/h2-6,10,13H,7-9H2,1H3. The van der Waals surface area contributed by atoms with E-state index in [2.05, 4.69) is 22.6 Å². The highest BCUT2D eigenvalue weighted by molar-refractivity contribution is 5.78. The van der Waals surface area contributed by atoms with Crippen LogP contribution in [0.5, 0.6) is 0 Å². The van der Waals surface area contributed by atoms with Crippen molar-refractivity contribution in [2.24, 2.45) is 5.16 Å². The molecular formula is C12H16N2O2. The fourth-order valence-corrected chi connectivity index (χ4v) is 1.45. The normalized spacial score (nSPS) is 19.8. The number of ether oxygens (including phenoxy) is 1. The molecule has 1 atom stereocenters. The predicted molar refractivity (Wildman–Crippen MR) is 62.1 cm³/mol. The van der Waals surface area contributed by atoms with Crippen LogP contribution in [-0.4, -0.2) is 25.3 Å². The molecule has 0 bridgehead atoms. The molecule has 4 heteroatoms. The van der Waals surface area contributed by atoms with E-state index in [0.29, 0.717) is 19.0 Å². The van der Waals surface area contributed by atoms with Gasteiger partial charge in [0.1, 0.15) is 0 Å². The van der Waals surface area contributed by atoms with Gasteiger partial charge in [0, 0.05) is 6.42 Å². The Morgan fingerprint density at radius 1 is 1.44 bits per heavy atom. The molecule has 0 aromatic heterocycles. The predicted octanol–water partition coefficient (Wildman–Crippen LogP) is 1.52. The molecule has 0 amide bonds. The van der Waals surface area contributed by atoms with Crippen molar-refractivity contribution in [2.45, 2.75) is 19.6 Å². The summed E-state index contributed by atoms with van der Waals surface area (Å²) >= 11 is 0. The third-order valence-corrected chi connectivity index (χ3v) is 2.36. The van der Waals surface area contributed by atoms with Crippen LogP contribution < -0.4 is 5.32 Å². The monoisotopic (exact) mass is 220 g/mol. The minimum Gasteiger partial charge on any atom is -0.477 e. The van der Waals surface area contributed by atoms with Crippen LogP contribution in [0.2, 0.25) is 0 Å². The molecule has 86 valence electrons. The number of nitrogens with zero attached hydrogens (tertiary/aromatic N) is 1. The summed E-state index contributed by atoms with van der Waals surface area (Å²) in [6, 6.07) is 10.2. The van der Waals surface area contributed by atoms with Gasteiger partial charge < -0.3 is 9.57 Å². The highest BCUT2D eigenvalue weighted by Gasteiger charge is 2.12. The van der Waals surface area contributed by atoms with Gasteiger partial charge >= 0.3 is 0 Å². The van der Waals surface area contributed by atoms with Crippen LogP contribution in [-0.2, 0) is 16.0 Å².